The fourth-order valence-corrected chi connectivity index (χ4v) is 3.55. The highest BCUT2D eigenvalue weighted by atomic mass is 16.5. The molecule has 2 aromatic heterocycles. The first-order valence-corrected chi connectivity index (χ1v) is 9.99. The van der Waals surface area contributed by atoms with E-state index in [1.165, 1.54) is 6.07 Å². The predicted octanol–water partition coefficient (Wildman–Crippen LogP) is 5.26. The van der Waals surface area contributed by atoms with Gasteiger partial charge in [0.05, 0.1) is 30.3 Å². The Bertz CT molecular complexity index is 1470. The Morgan fingerprint density at radius 2 is 2.00 bits per heavy atom. The molecule has 0 aliphatic rings. The van der Waals surface area contributed by atoms with Gasteiger partial charge in [0.1, 0.15) is 11.2 Å². The molecule has 0 unspecified atom stereocenters. The third-order valence-corrected chi connectivity index (χ3v) is 4.85. The monoisotopic (exact) mass is 421 g/mol. The second kappa shape index (κ2) is 8.63. The summed E-state index contributed by atoms with van der Waals surface area (Å²) in [6.07, 6.45) is 0. The minimum Gasteiger partial charge on any atom is -0.477 e. The Labute approximate surface area is 185 Å². The van der Waals surface area contributed by atoms with Crippen molar-refractivity contribution in [2.24, 2.45) is 0 Å². The van der Waals surface area contributed by atoms with Crippen LogP contribution in [0.5, 0.6) is 5.88 Å². The maximum absolute atomic E-state index is 13.2. The summed E-state index contributed by atoms with van der Waals surface area (Å²) >= 11 is 0. The molecule has 32 heavy (non-hydrogen) atoms. The van der Waals surface area contributed by atoms with Crippen molar-refractivity contribution >= 4 is 28.1 Å². The molecule has 0 spiro atoms. The normalized spacial score (nSPS) is 10.4. The van der Waals surface area contributed by atoms with E-state index in [4.69, 9.17) is 11.3 Å². The smallest absolute Gasteiger partial charge is 0.227 e. The molecule has 1 N–H and O–H groups in total. The average molecular weight is 421 g/mol. The maximum atomic E-state index is 13.2. The van der Waals surface area contributed by atoms with Gasteiger partial charge in [0.15, 0.2) is 11.1 Å². The summed E-state index contributed by atoms with van der Waals surface area (Å²) in [6, 6.07) is 19.6. The van der Waals surface area contributed by atoms with Gasteiger partial charge >= 0.3 is 0 Å². The van der Waals surface area contributed by atoms with E-state index >= 15 is 0 Å². The summed E-state index contributed by atoms with van der Waals surface area (Å²) < 4.78 is 7.54. The molecule has 0 aliphatic heterocycles. The third-order valence-electron chi connectivity index (χ3n) is 4.85. The van der Waals surface area contributed by atoms with Gasteiger partial charge in [-0.3, -0.25) is 9.36 Å². The number of benzene rings is 2. The SMILES string of the molecule is [C-]#[N+]c1cccc(-n2c(Nc3cccc(C#N)c3)cc(=O)c3c(OCC)nc(C)cc32)c1. The van der Waals surface area contributed by atoms with Crippen LogP contribution in [0.15, 0.2) is 65.5 Å². The number of hydrogen-bond acceptors (Lipinski definition) is 5. The van der Waals surface area contributed by atoms with Crippen LogP contribution in [0.1, 0.15) is 18.2 Å². The van der Waals surface area contributed by atoms with Crippen LogP contribution in [-0.4, -0.2) is 16.2 Å². The van der Waals surface area contributed by atoms with Crippen molar-refractivity contribution in [2.75, 3.05) is 11.9 Å². The van der Waals surface area contributed by atoms with Gasteiger partial charge in [0.2, 0.25) is 5.88 Å². The van der Waals surface area contributed by atoms with Crippen LogP contribution in [0, 0.1) is 24.8 Å². The lowest BCUT2D eigenvalue weighted by Gasteiger charge is -2.20. The Balaban J connectivity index is 2.05. The van der Waals surface area contributed by atoms with Gasteiger partial charge in [-0.2, -0.15) is 5.26 Å². The summed E-state index contributed by atoms with van der Waals surface area (Å²) in [5, 5.41) is 12.9. The molecule has 7 heteroatoms. The molecule has 4 rings (SSSR count). The minimum absolute atomic E-state index is 0.243. The molecule has 7 nitrogen and oxygen atoms in total. The first-order chi connectivity index (χ1) is 15.5. The molecule has 0 amide bonds. The molecule has 2 heterocycles. The van der Waals surface area contributed by atoms with Crippen molar-refractivity contribution in [1.82, 2.24) is 9.55 Å². The lowest BCUT2D eigenvalue weighted by Crippen LogP contribution is -2.14. The van der Waals surface area contributed by atoms with Crippen LogP contribution >= 0.6 is 0 Å². The quantitative estimate of drug-likeness (QED) is 0.445. The zero-order valence-electron chi connectivity index (χ0n) is 17.6. The zero-order valence-corrected chi connectivity index (χ0v) is 17.6. The Kier molecular flexibility index (Phi) is 5.57. The molecular formula is C25H19N5O2. The van der Waals surface area contributed by atoms with Crippen LogP contribution in [-0.2, 0) is 0 Å². The molecular weight excluding hydrogens is 402 g/mol. The van der Waals surface area contributed by atoms with Gasteiger partial charge in [0.25, 0.3) is 0 Å². The zero-order chi connectivity index (χ0) is 22.7. The van der Waals surface area contributed by atoms with E-state index in [-0.39, 0.29) is 11.3 Å². The largest absolute Gasteiger partial charge is 0.477 e. The van der Waals surface area contributed by atoms with Gasteiger partial charge in [0, 0.05) is 23.1 Å². The van der Waals surface area contributed by atoms with Gasteiger partial charge < -0.3 is 10.1 Å². The van der Waals surface area contributed by atoms with Crippen molar-refractivity contribution in [3.05, 3.63) is 93.6 Å². The number of nitrogens with one attached hydrogen (secondary N) is 1. The molecule has 0 atom stereocenters. The van der Waals surface area contributed by atoms with Crippen molar-refractivity contribution in [3.8, 4) is 17.6 Å². The highest BCUT2D eigenvalue weighted by molar-refractivity contribution is 5.88. The Morgan fingerprint density at radius 3 is 2.75 bits per heavy atom. The van der Waals surface area contributed by atoms with Gasteiger partial charge in [-0.1, -0.05) is 18.2 Å². The van der Waals surface area contributed by atoms with E-state index in [9.17, 15) is 10.1 Å². The van der Waals surface area contributed by atoms with Gasteiger partial charge in [-0.25, -0.2) is 9.83 Å². The summed E-state index contributed by atoms with van der Waals surface area (Å²) in [4.78, 5) is 21.1. The molecule has 2 aromatic carbocycles. The van der Waals surface area contributed by atoms with Gasteiger partial charge in [-0.15, -0.1) is 0 Å². The molecule has 0 saturated heterocycles. The summed E-state index contributed by atoms with van der Waals surface area (Å²) in [7, 11) is 0. The van der Waals surface area contributed by atoms with E-state index < -0.39 is 0 Å². The number of ether oxygens (including phenoxy) is 1. The standard InChI is InChI=1S/C25H19N5O2/c1-4-32-25-24-21(11-16(2)28-25)30(20-10-6-8-18(13-20)27-3)23(14-22(24)31)29-19-9-5-7-17(12-19)15-26/h5-14,29H,4H2,1-2H3. The molecule has 0 radical (unpaired) electrons. The third kappa shape index (κ3) is 3.88. The second-order valence-electron chi connectivity index (χ2n) is 7.07. The number of aromatic nitrogens is 2. The fraction of sp³-hybridized carbons (Fsp3) is 0.120. The van der Waals surface area contributed by atoms with Crippen LogP contribution in [0.3, 0.4) is 0 Å². The first kappa shape index (κ1) is 20.6. The van der Waals surface area contributed by atoms with E-state index in [0.717, 1.165) is 0 Å². The Hall–Kier alpha value is -4.62. The summed E-state index contributed by atoms with van der Waals surface area (Å²) in [6.45, 7) is 11.4. The number of rotatable bonds is 5. The number of anilines is 2. The summed E-state index contributed by atoms with van der Waals surface area (Å²) in [5.74, 6) is 0.772. The van der Waals surface area contributed by atoms with Crippen molar-refractivity contribution in [2.45, 2.75) is 13.8 Å². The van der Waals surface area contributed by atoms with Crippen LogP contribution in [0.4, 0.5) is 17.2 Å². The second-order valence-corrected chi connectivity index (χ2v) is 7.07. The lowest BCUT2D eigenvalue weighted by molar-refractivity contribution is 0.330. The topological polar surface area (TPSA) is 84.3 Å². The van der Waals surface area contributed by atoms with Crippen molar-refractivity contribution < 1.29 is 4.74 Å². The number of hydrogen-bond donors (Lipinski definition) is 1. The predicted molar refractivity (Wildman–Crippen MR) is 124 cm³/mol. The van der Waals surface area contributed by atoms with Crippen LogP contribution in [0.25, 0.3) is 21.4 Å². The van der Waals surface area contributed by atoms with Crippen molar-refractivity contribution in [1.29, 1.82) is 5.26 Å². The molecule has 4 aromatic rings. The number of fused-ring (bicyclic) bond motifs is 1. The average Bonchev–Trinajstić information content (AvgIpc) is 2.79. The van der Waals surface area contributed by atoms with Crippen LogP contribution in [0.2, 0.25) is 0 Å². The molecule has 0 saturated carbocycles. The maximum Gasteiger partial charge on any atom is 0.227 e. The number of nitrogens with zero attached hydrogens (tertiary/aromatic N) is 4. The minimum atomic E-state index is -0.243. The molecule has 0 bridgehead atoms. The highest BCUT2D eigenvalue weighted by Crippen LogP contribution is 2.30. The fourth-order valence-electron chi connectivity index (χ4n) is 3.55. The first-order valence-electron chi connectivity index (χ1n) is 9.99. The summed E-state index contributed by atoms with van der Waals surface area (Å²) in [5.41, 5.74) is 3.39. The lowest BCUT2D eigenvalue weighted by atomic mass is 10.1. The molecule has 0 fully saturated rings. The van der Waals surface area contributed by atoms with Crippen LogP contribution < -0.4 is 15.5 Å². The molecule has 156 valence electrons. The number of nitriles is 1. The Morgan fingerprint density at radius 1 is 1.19 bits per heavy atom. The van der Waals surface area contributed by atoms with Crippen molar-refractivity contribution in [3.63, 3.8) is 0 Å². The van der Waals surface area contributed by atoms with E-state index in [2.05, 4.69) is 21.2 Å². The number of pyridine rings is 2. The van der Waals surface area contributed by atoms with Gasteiger partial charge in [-0.05, 0) is 50.2 Å². The van der Waals surface area contributed by atoms with E-state index in [1.54, 1.807) is 36.4 Å². The van der Waals surface area contributed by atoms with E-state index in [0.29, 0.717) is 51.6 Å². The van der Waals surface area contributed by atoms with E-state index in [1.807, 2.05) is 36.6 Å². The highest BCUT2D eigenvalue weighted by Gasteiger charge is 2.17. The number of aryl methyl sites for hydroxylation is 1. The molecule has 0 aliphatic carbocycles.